The van der Waals surface area contributed by atoms with Crippen LogP contribution in [-0.4, -0.2) is 125 Å². The fourth-order valence-electron chi connectivity index (χ4n) is 3.22. The van der Waals surface area contributed by atoms with E-state index < -0.39 is 85.0 Å². The second-order valence-corrected chi connectivity index (χ2v) is 8.78. The predicted molar refractivity (Wildman–Crippen MR) is 97.6 cm³/mol. The van der Waals surface area contributed by atoms with Gasteiger partial charge in [0.05, 0.1) is 19.8 Å². The summed E-state index contributed by atoms with van der Waals surface area (Å²) in [6, 6.07) is 0. The van der Waals surface area contributed by atoms with Crippen LogP contribution >= 0.6 is 0 Å². The minimum Gasteiger partial charge on any atom is -0.394 e. The molecule has 0 aromatic carbocycles. The van der Waals surface area contributed by atoms with Gasteiger partial charge in [-0.05, 0) is 5.92 Å². The third-order valence-corrected chi connectivity index (χ3v) is 5.23. The minimum atomic E-state index is -5.12. The highest BCUT2D eigenvalue weighted by atomic mass is 32.3. The van der Waals surface area contributed by atoms with Gasteiger partial charge in [-0.3, -0.25) is 4.55 Å². The van der Waals surface area contributed by atoms with E-state index in [0.29, 0.717) is 0 Å². The van der Waals surface area contributed by atoms with Gasteiger partial charge in [-0.15, -0.1) is 0 Å². The van der Waals surface area contributed by atoms with Crippen molar-refractivity contribution in [1.29, 1.82) is 0 Å². The highest BCUT2D eigenvalue weighted by molar-refractivity contribution is 7.80. The number of hydrogen-bond donors (Lipinski definition) is 7. The van der Waals surface area contributed by atoms with Crippen molar-refractivity contribution in [3.05, 3.63) is 0 Å². The zero-order valence-corrected chi connectivity index (χ0v) is 17.7. The van der Waals surface area contributed by atoms with Crippen LogP contribution in [-0.2, 0) is 33.5 Å². The molecule has 0 saturated carbocycles. The summed E-state index contributed by atoms with van der Waals surface area (Å²) in [6.45, 7) is 2.34. The average Bonchev–Trinajstić information content (AvgIpc) is 2.69. The van der Waals surface area contributed by atoms with Crippen LogP contribution < -0.4 is 0 Å². The highest BCUT2D eigenvalue weighted by Gasteiger charge is 2.52. The quantitative estimate of drug-likeness (QED) is 0.157. The summed E-state index contributed by atoms with van der Waals surface area (Å²) in [4.78, 5) is 0. The lowest BCUT2D eigenvalue weighted by molar-refractivity contribution is -0.358. The molecule has 15 heteroatoms. The maximum atomic E-state index is 11.0. The highest BCUT2D eigenvalue weighted by Crippen LogP contribution is 2.31. The Morgan fingerprint density at radius 3 is 1.94 bits per heavy atom. The van der Waals surface area contributed by atoms with Gasteiger partial charge >= 0.3 is 10.4 Å². The van der Waals surface area contributed by atoms with Gasteiger partial charge in [-0.1, -0.05) is 13.8 Å². The van der Waals surface area contributed by atoms with E-state index in [4.69, 9.17) is 23.5 Å². The van der Waals surface area contributed by atoms with Crippen molar-refractivity contribution in [1.82, 2.24) is 0 Å². The first-order chi connectivity index (χ1) is 14.4. The molecular weight excluding hydrogens is 448 g/mol. The second-order valence-electron chi connectivity index (χ2n) is 7.73. The molecule has 0 bridgehead atoms. The van der Waals surface area contributed by atoms with Crippen molar-refractivity contribution in [2.24, 2.45) is 5.92 Å². The van der Waals surface area contributed by atoms with Crippen LogP contribution in [0, 0.1) is 5.92 Å². The van der Waals surface area contributed by atoms with Crippen LogP contribution in [0.5, 0.6) is 0 Å². The first-order valence-electron chi connectivity index (χ1n) is 9.57. The zero-order valence-electron chi connectivity index (χ0n) is 16.9. The number of rotatable bonds is 9. The number of hydrogen-bond acceptors (Lipinski definition) is 13. The first-order valence-corrected chi connectivity index (χ1v) is 10.9. The van der Waals surface area contributed by atoms with Gasteiger partial charge < -0.3 is 49.6 Å². The van der Waals surface area contributed by atoms with Crippen LogP contribution in [0.4, 0.5) is 0 Å². The molecule has 0 aliphatic carbocycles. The van der Waals surface area contributed by atoms with Gasteiger partial charge in [0.2, 0.25) is 0 Å². The van der Waals surface area contributed by atoms with E-state index in [1.165, 1.54) is 0 Å². The monoisotopic (exact) mass is 478 g/mol. The van der Waals surface area contributed by atoms with Crippen molar-refractivity contribution >= 4 is 10.4 Å². The summed E-state index contributed by atoms with van der Waals surface area (Å²) in [5.74, 6) is 0.0851. The lowest BCUT2D eigenvalue weighted by atomic mass is 9.97. The zero-order chi connectivity index (χ0) is 23.5. The molecule has 0 radical (unpaired) electrons. The van der Waals surface area contributed by atoms with E-state index in [0.717, 1.165) is 0 Å². The minimum absolute atomic E-state index is 0.0851. The normalized spacial score (nSPS) is 42.1. The molecule has 0 spiro atoms. The summed E-state index contributed by atoms with van der Waals surface area (Å²) in [7, 11) is -5.12. The first kappa shape index (κ1) is 26.7. The van der Waals surface area contributed by atoms with Crippen LogP contribution in [0.15, 0.2) is 0 Å². The van der Waals surface area contributed by atoms with E-state index in [1.54, 1.807) is 0 Å². The Morgan fingerprint density at radius 2 is 1.42 bits per heavy atom. The van der Waals surface area contributed by atoms with Crippen LogP contribution in [0.3, 0.4) is 0 Å². The third kappa shape index (κ3) is 6.73. The predicted octanol–water partition coefficient (Wildman–Crippen LogP) is -3.89. The van der Waals surface area contributed by atoms with E-state index in [9.17, 15) is 39.1 Å². The molecule has 2 heterocycles. The van der Waals surface area contributed by atoms with Gasteiger partial charge in [0, 0.05) is 0 Å². The Bertz CT molecular complexity index is 657. The Morgan fingerprint density at radius 1 is 0.839 bits per heavy atom. The summed E-state index contributed by atoms with van der Waals surface area (Å²) in [5, 5.41) is 60.1. The maximum absolute atomic E-state index is 11.0. The van der Waals surface area contributed by atoms with Gasteiger partial charge in [0.25, 0.3) is 0 Å². The molecule has 0 amide bonds. The molecule has 2 rings (SSSR count). The molecule has 2 aliphatic heterocycles. The molecule has 7 N–H and O–H groups in total. The largest absolute Gasteiger partial charge is 0.397 e. The number of aliphatic hydroxyl groups is 6. The van der Waals surface area contributed by atoms with Gasteiger partial charge in [-0.2, -0.15) is 8.42 Å². The third-order valence-electron chi connectivity index (χ3n) is 4.76. The van der Waals surface area contributed by atoms with Crippen molar-refractivity contribution in [3.63, 3.8) is 0 Å². The summed E-state index contributed by atoms with van der Waals surface area (Å²) in [6.07, 6.45) is -16.6. The van der Waals surface area contributed by atoms with E-state index in [1.807, 2.05) is 13.8 Å². The SMILES string of the molecule is CC(C)CO[C@@H]1O[C@H](CO)[C@@H](O[C@@H]2O[C@H](CO)[C@H](O)[C@H](OS(=O)(=O)O)[C@H]2O)[C@H](O)[C@H]1O. The Labute approximate surface area is 178 Å². The molecule has 31 heavy (non-hydrogen) atoms. The molecule has 184 valence electrons. The van der Waals surface area contributed by atoms with Crippen LogP contribution in [0.2, 0.25) is 0 Å². The molecule has 2 aliphatic rings. The molecule has 2 fully saturated rings. The Kier molecular flexibility index (Phi) is 9.53. The maximum Gasteiger partial charge on any atom is 0.397 e. The molecule has 14 nitrogen and oxygen atoms in total. The summed E-state index contributed by atoms with van der Waals surface area (Å²) < 4.78 is 56.7. The topological polar surface area (TPSA) is 222 Å². The molecule has 0 aromatic rings. The van der Waals surface area contributed by atoms with Crippen molar-refractivity contribution < 1.29 is 66.7 Å². The molecule has 0 unspecified atom stereocenters. The number of aliphatic hydroxyl groups excluding tert-OH is 6. The fraction of sp³-hybridized carbons (Fsp3) is 1.00. The van der Waals surface area contributed by atoms with E-state index in [-0.39, 0.29) is 12.5 Å². The molecule has 0 aromatic heterocycles. The van der Waals surface area contributed by atoms with E-state index >= 15 is 0 Å². The lowest BCUT2D eigenvalue weighted by Crippen LogP contribution is -2.65. The van der Waals surface area contributed by atoms with E-state index in [2.05, 4.69) is 4.18 Å². The van der Waals surface area contributed by atoms with Gasteiger partial charge in [0.15, 0.2) is 12.6 Å². The standard InChI is InChI=1S/C16H30O14S/c1-6(2)5-26-15-11(21)10(20)13(8(4-18)28-15)29-16-12(22)14(30-31(23,24)25)9(19)7(3-17)27-16/h6-22H,3-5H2,1-2H3,(H,23,24,25)/t7-,8-,9+,10-,11-,12-,13-,14+,15-,16+/m1/s1. The molecular formula is C16H30O14S. The fourth-order valence-corrected chi connectivity index (χ4v) is 3.73. The average molecular weight is 478 g/mol. The van der Waals surface area contributed by atoms with Crippen LogP contribution in [0.25, 0.3) is 0 Å². The summed E-state index contributed by atoms with van der Waals surface area (Å²) >= 11 is 0. The van der Waals surface area contributed by atoms with Crippen molar-refractivity contribution in [2.75, 3.05) is 19.8 Å². The van der Waals surface area contributed by atoms with Crippen molar-refractivity contribution in [2.45, 2.75) is 75.3 Å². The van der Waals surface area contributed by atoms with Gasteiger partial charge in [-0.25, -0.2) is 4.18 Å². The Hall–Kier alpha value is -0.530. The smallest absolute Gasteiger partial charge is 0.394 e. The van der Waals surface area contributed by atoms with Crippen molar-refractivity contribution in [3.8, 4) is 0 Å². The summed E-state index contributed by atoms with van der Waals surface area (Å²) in [5.41, 5.74) is 0. The lowest BCUT2D eigenvalue weighted by Gasteiger charge is -2.46. The Balaban J connectivity index is 2.18. The second kappa shape index (κ2) is 11.1. The van der Waals surface area contributed by atoms with Crippen LogP contribution in [0.1, 0.15) is 13.8 Å². The van der Waals surface area contributed by atoms with Gasteiger partial charge in [0.1, 0.15) is 48.8 Å². The molecule has 10 atom stereocenters. The number of ether oxygens (including phenoxy) is 4. The molecule has 2 saturated heterocycles.